The lowest BCUT2D eigenvalue weighted by molar-refractivity contribution is -0.136. The molecule has 1 aliphatic heterocycles. The summed E-state index contributed by atoms with van der Waals surface area (Å²) in [5, 5.41) is 5.44. The van der Waals surface area contributed by atoms with Crippen molar-refractivity contribution in [1.82, 2.24) is 15.5 Å². The highest BCUT2D eigenvalue weighted by molar-refractivity contribution is 5.88. The minimum absolute atomic E-state index is 0.0226. The maximum absolute atomic E-state index is 12.0. The van der Waals surface area contributed by atoms with E-state index in [2.05, 4.69) is 10.6 Å². The van der Waals surface area contributed by atoms with Crippen LogP contribution in [0.5, 0.6) is 0 Å². The third-order valence-corrected chi connectivity index (χ3v) is 2.92. The highest BCUT2D eigenvalue weighted by Crippen LogP contribution is 2.17. The van der Waals surface area contributed by atoms with Crippen molar-refractivity contribution in [2.45, 2.75) is 38.8 Å². The molecule has 1 aliphatic rings. The first kappa shape index (κ1) is 13.0. The standard InChI is InChI=1S/C11H21N3O2/c1-8-5-4-6-14(8)11(16)9(2)13-10(15)7-12-3/h8-9,12H,4-7H2,1-3H3,(H,13,15). The zero-order valence-corrected chi connectivity index (χ0v) is 10.2. The Balaban J connectivity index is 2.44. The van der Waals surface area contributed by atoms with Gasteiger partial charge in [0, 0.05) is 12.6 Å². The van der Waals surface area contributed by atoms with Gasteiger partial charge in [0.05, 0.1) is 6.54 Å². The number of carbonyl (C=O) groups is 2. The summed E-state index contributed by atoms with van der Waals surface area (Å²) in [5.41, 5.74) is 0. The molecule has 5 heteroatoms. The van der Waals surface area contributed by atoms with Gasteiger partial charge >= 0.3 is 0 Å². The predicted molar refractivity (Wildman–Crippen MR) is 61.9 cm³/mol. The topological polar surface area (TPSA) is 61.4 Å². The fourth-order valence-corrected chi connectivity index (χ4v) is 2.02. The van der Waals surface area contributed by atoms with Crippen LogP contribution in [0.4, 0.5) is 0 Å². The van der Waals surface area contributed by atoms with Crippen molar-refractivity contribution in [2.24, 2.45) is 0 Å². The molecule has 0 aromatic carbocycles. The summed E-state index contributed by atoms with van der Waals surface area (Å²) in [6, 6.07) is -0.127. The summed E-state index contributed by atoms with van der Waals surface area (Å²) in [6.07, 6.45) is 2.12. The average molecular weight is 227 g/mol. The highest BCUT2D eigenvalue weighted by Gasteiger charge is 2.28. The van der Waals surface area contributed by atoms with Crippen molar-refractivity contribution in [1.29, 1.82) is 0 Å². The largest absolute Gasteiger partial charge is 0.343 e. The van der Waals surface area contributed by atoms with Gasteiger partial charge in [-0.2, -0.15) is 0 Å². The van der Waals surface area contributed by atoms with Crippen LogP contribution >= 0.6 is 0 Å². The molecule has 1 fully saturated rings. The van der Waals surface area contributed by atoms with Crippen LogP contribution in [0.3, 0.4) is 0 Å². The number of likely N-dealkylation sites (N-methyl/N-ethyl adjacent to an activating group) is 1. The number of nitrogens with zero attached hydrogens (tertiary/aromatic N) is 1. The van der Waals surface area contributed by atoms with Crippen LogP contribution in [-0.2, 0) is 9.59 Å². The molecule has 0 aliphatic carbocycles. The fraction of sp³-hybridized carbons (Fsp3) is 0.818. The second-order valence-electron chi connectivity index (χ2n) is 4.34. The Kier molecular flexibility index (Phi) is 4.73. The Morgan fingerprint density at radius 1 is 1.50 bits per heavy atom. The van der Waals surface area contributed by atoms with Crippen LogP contribution in [-0.4, -0.2) is 48.9 Å². The Bertz CT molecular complexity index is 268. The van der Waals surface area contributed by atoms with Crippen molar-refractivity contribution >= 4 is 11.8 Å². The van der Waals surface area contributed by atoms with E-state index in [4.69, 9.17) is 0 Å². The molecule has 0 saturated carbocycles. The van der Waals surface area contributed by atoms with Crippen LogP contribution in [0, 0.1) is 0 Å². The first-order valence-electron chi connectivity index (χ1n) is 5.80. The maximum atomic E-state index is 12.0. The molecule has 2 atom stereocenters. The van der Waals surface area contributed by atoms with E-state index in [0.717, 1.165) is 19.4 Å². The van der Waals surface area contributed by atoms with E-state index >= 15 is 0 Å². The molecule has 0 bridgehead atoms. The lowest BCUT2D eigenvalue weighted by Gasteiger charge is -2.25. The number of nitrogens with one attached hydrogen (secondary N) is 2. The molecule has 2 N–H and O–H groups in total. The average Bonchev–Trinajstić information content (AvgIpc) is 2.63. The lowest BCUT2D eigenvalue weighted by atomic mass is 10.2. The number of hydrogen-bond acceptors (Lipinski definition) is 3. The molecule has 0 aromatic heterocycles. The summed E-state index contributed by atoms with van der Waals surface area (Å²) in [4.78, 5) is 25.1. The molecule has 0 aromatic rings. The number of carbonyl (C=O) groups excluding carboxylic acids is 2. The van der Waals surface area contributed by atoms with Crippen molar-refractivity contribution in [3.8, 4) is 0 Å². The van der Waals surface area contributed by atoms with E-state index in [-0.39, 0.29) is 18.4 Å². The molecule has 1 heterocycles. The van der Waals surface area contributed by atoms with Crippen LogP contribution in [0.15, 0.2) is 0 Å². The van der Waals surface area contributed by atoms with Gasteiger partial charge in [0.1, 0.15) is 6.04 Å². The van der Waals surface area contributed by atoms with Crippen LogP contribution < -0.4 is 10.6 Å². The molecule has 5 nitrogen and oxygen atoms in total. The van der Waals surface area contributed by atoms with E-state index in [1.807, 2.05) is 11.8 Å². The van der Waals surface area contributed by atoms with Crippen molar-refractivity contribution in [3.05, 3.63) is 0 Å². The third kappa shape index (κ3) is 3.20. The van der Waals surface area contributed by atoms with E-state index < -0.39 is 6.04 Å². The lowest BCUT2D eigenvalue weighted by Crippen LogP contribution is -2.49. The Morgan fingerprint density at radius 3 is 2.69 bits per heavy atom. The SMILES string of the molecule is CNCC(=O)NC(C)C(=O)N1CCCC1C. The second kappa shape index (κ2) is 5.84. The van der Waals surface area contributed by atoms with Gasteiger partial charge in [-0.15, -0.1) is 0 Å². The molecule has 2 amide bonds. The smallest absolute Gasteiger partial charge is 0.245 e. The van der Waals surface area contributed by atoms with Crippen molar-refractivity contribution in [2.75, 3.05) is 20.1 Å². The van der Waals surface area contributed by atoms with Gasteiger partial charge in [-0.25, -0.2) is 0 Å². The molecular weight excluding hydrogens is 206 g/mol. The summed E-state index contributed by atoms with van der Waals surface area (Å²) in [7, 11) is 1.70. The Labute approximate surface area is 96.6 Å². The van der Waals surface area contributed by atoms with Crippen LogP contribution in [0.25, 0.3) is 0 Å². The minimum Gasteiger partial charge on any atom is -0.343 e. The normalized spacial score (nSPS) is 21.9. The first-order chi connectivity index (χ1) is 7.56. The van der Waals surface area contributed by atoms with Gasteiger partial charge < -0.3 is 15.5 Å². The van der Waals surface area contributed by atoms with E-state index in [1.165, 1.54) is 0 Å². The second-order valence-corrected chi connectivity index (χ2v) is 4.34. The first-order valence-corrected chi connectivity index (χ1v) is 5.80. The number of likely N-dealkylation sites (tertiary alicyclic amines) is 1. The maximum Gasteiger partial charge on any atom is 0.245 e. The molecule has 1 saturated heterocycles. The molecule has 1 rings (SSSR count). The van der Waals surface area contributed by atoms with E-state index in [0.29, 0.717) is 6.04 Å². The summed E-state index contributed by atoms with van der Waals surface area (Å²) >= 11 is 0. The molecule has 16 heavy (non-hydrogen) atoms. The van der Waals surface area contributed by atoms with Gasteiger partial charge in [0.15, 0.2) is 0 Å². The molecule has 0 spiro atoms. The number of hydrogen-bond donors (Lipinski definition) is 2. The number of amides is 2. The zero-order valence-electron chi connectivity index (χ0n) is 10.2. The Morgan fingerprint density at radius 2 is 2.19 bits per heavy atom. The minimum atomic E-state index is -0.429. The number of rotatable bonds is 4. The molecular formula is C11H21N3O2. The monoisotopic (exact) mass is 227 g/mol. The van der Waals surface area contributed by atoms with Crippen molar-refractivity contribution < 1.29 is 9.59 Å². The van der Waals surface area contributed by atoms with Gasteiger partial charge in [0.2, 0.25) is 11.8 Å². The quantitative estimate of drug-likeness (QED) is 0.694. The predicted octanol–water partition coefficient (Wildman–Crippen LogP) is -0.279. The summed E-state index contributed by atoms with van der Waals surface area (Å²) in [6.45, 7) is 4.84. The van der Waals surface area contributed by atoms with Crippen LogP contribution in [0.1, 0.15) is 26.7 Å². The van der Waals surface area contributed by atoms with E-state index in [9.17, 15) is 9.59 Å². The molecule has 0 radical (unpaired) electrons. The summed E-state index contributed by atoms with van der Waals surface area (Å²) in [5.74, 6) is -0.121. The molecule has 2 unspecified atom stereocenters. The summed E-state index contributed by atoms with van der Waals surface area (Å²) < 4.78 is 0. The van der Waals surface area contributed by atoms with Gasteiger partial charge in [-0.1, -0.05) is 0 Å². The van der Waals surface area contributed by atoms with Crippen molar-refractivity contribution in [3.63, 3.8) is 0 Å². The van der Waals surface area contributed by atoms with Gasteiger partial charge in [-0.3, -0.25) is 9.59 Å². The van der Waals surface area contributed by atoms with Gasteiger partial charge in [-0.05, 0) is 33.7 Å². The third-order valence-electron chi connectivity index (χ3n) is 2.92. The zero-order chi connectivity index (χ0) is 12.1. The van der Waals surface area contributed by atoms with Crippen LogP contribution in [0.2, 0.25) is 0 Å². The van der Waals surface area contributed by atoms with Gasteiger partial charge in [0.25, 0.3) is 0 Å². The fourth-order valence-electron chi connectivity index (χ4n) is 2.02. The van der Waals surface area contributed by atoms with E-state index in [1.54, 1.807) is 14.0 Å². The Hall–Kier alpha value is -1.10. The molecule has 92 valence electrons. The highest BCUT2D eigenvalue weighted by atomic mass is 16.2.